The van der Waals surface area contributed by atoms with Crippen LogP contribution in [0.4, 0.5) is 0 Å². The van der Waals surface area contributed by atoms with E-state index in [1.807, 2.05) is 31.2 Å². The minimum Gasteiger partial charge on any atom is -0.485 e. The van der Waals surface area contributed by atoms with Gasteiger partial charge in [0.1, 0.15) is 5.75 Å². The van der Waals surface area contributed by atoms with Crippen molar-refractivity contribution in [2.75, 3.05) is 6.54 Å². The standard InChI is InChI=1S/C20H20ClN3O3/c1-3-24(12-16-6-4-5-7-18(16)21)20(25)15-8-10-17(11-9-15)26-13-19-22-14(2)27-23-19/h4-11H,3,12-13H2,1-2H3. The number of halogens is 1. The number of rotatable bonds is 7. The van der Waals surface area contributed by atoms with Crippen molar-refractivity contribution in [3.05, 3.63) is 76.4 Å². The van der Waals surface area contributed by atoms with Crippen LogP contribution in [0.2, 0.25) is 5.02 Å². The number of hydrogen-bond donors (Lipinski definition) is 0. The number of hydrogen-bond acceptors (Lipinski definition) is 5. The first-order chi connectivity index (χ1) is 13.1. The van der Waals surface area contributed by atoms with Gasteiger partial charge in [0.2, 0.25) is 11.7 Å². The zero-order chi connectivity index (χ0) is 19.2. The fraction of sp³-hybridized carbons (Fsp3) is 0.250. The molecule has 0 atom stereocenters. The average molecular weight is 386 g/mol. The summed E-state index contributed by atoms with van der Waals surface area (Å²) in [6, 6.07) is 14.5. The van der Waals surface area contributed by atoms with E-state index < -0.39 is 0 Å². The first-order valence-corrected chi connectivity index (χ1v) is 8.99. The van der Waals surface area contributed by atoms with E-state index >= 15 is 0 Å². The zero-order valence-electron chi connectivity index (χ0n) is 15.2. The first-order valence-electron chi connectivity index (χ1n) is 8.61. The van der Waals surface area contributed by atoms with E-state index in [0.717, 1.165) is 5.56 Å². The van der Waals surface area contributed by atoms with Gasteiger partial charge in [-0.3, -0.25) is 4.79 Å². The van der Waals surface area contributed by atoms with Crippen LogP contribution in [0.5, 0.6) is 5.75 Å². The fourth-order valence-electron chi connectivity index (χ4n) is 2.58. The average Bonchev–Trinajstić information content (AvgIpc) is 3.11. The smallest absolute Gasteiger partial charge is 0.254 e. The Morgan fingerprint density at radius 2 is 1.93 bits per heavy atom. The lowest BCUT2D eigenvalue weighted by Gasteiger charge is -2.21. The molecule has 0 aliphatic carbocycles. The largest absolute Gasteiger partial charge is 0.485 e. The lowest BCUT2D eigenvalue weighted by atomic mass is 10.1. The number of aromatic nitrogens is 2. The van der Waals surface area contributed by atoms with Crippen LogP contribution in [0.1, 0.15) is 34.6 Å². The summed E-state index contributed by atoms with van der Waals surface area (Å²) in [7, 11) is 0. The molecular weight excluding hydrogens is 366 g/mol. The molecule has 0 fully saturated rings. The highest BCUT2D eigenvalue weighted by Gasteiger charge is 2.16. The molecule has 7 heteroatoms. The molecule has 0 saturated heterocycles. The molecule has 0 aliphatic heterocycles. The maximum atomic E-state index is 12.8. The molecule has 1 amide bonds. The van der Waals surface area contributed by atoms with Crippen LogP contribution in [-0.2, 0) is 13.2 Å². The van der Waals surface area contributed by atoms with Crippen LogP contribution in [0, 0.1) is 6.92 Å². The molecule has 3 aromatic rings. The number of aryl methyl sites for hydroxylation is 1. The Hall–Kier alpha value is -2.86. The van der Waals surface area contributed by atoms with Gasteiger partial charge >= 0.3 is 0 Å². The van der Waals surface area contributed by atoms with Crippen molar-refractivity contribution in [3.8, 4) is 5.75 Å². The van der Waals surface area contributed by atoms with Gasteiger partial charge in [-0.15, -0.1) is 0 Å². The van der Waals surface area contributed by atoms with Crippen molar-refractivity contribution in [3.63, 3.8) is 0 Å². The van der Waals surface area contributed by atoms with Crippen molar-refractivity contribution in [2.45, 2.75) is 27.0 Å². The summed E-state index contributed by atoms with van der Waals surface area (Å²) in [5.41, 5.74) is 1.51. The van der Waals surface area contributed by atoms with Crippen molar-refractivity contribution in [1.29, 1.82) is 0 Å². The maximum Gasteiger partial charge on any atom is 0.254 e. The van der Waals surface area contributed by atoms with E-state index in [9.17, 15) is 4.79 Å². The Labute approximate surface area is 162 Å². The van der Waals surface area contributed by atoms with Crippen LogP contribution >= 0.6 is 11.6 Å². The highest BCUT2D eigenvalue weighted by atomic mass is 35.5. The SMILES string of the molecule is CCN(Cc1ccccc1Cl)C(=O)c1ccc(OCc2noc(C)n2)cc1. The molecule has 27 heavy (non-hydrogen) atoms. The van der Waals surface area contributed by atoms with Crippen molar-refractivity contribution in [2.24, 2.45) is 0 Å². The number of carbonyl (C=O) groups is 1. The molecule has 140 valence electrons. The van der Waals surface area contributed by atoms with Crippen molar-refractivity contribution >= 4 is 17.5 Å². The number of ether oxygens (including phenoxy) is 1. The monoisotopic (exact) mass is 385 g/mol. The third-order valence-corrected chi connectivity index (χ3v) is 4.40. The summed E-state index contributed by atoms with van der Waals surface area (Å²) in [5.74, 6) is 1.54. The molecule has 0 aliphatic rings. The molecule has 1 heterocycles. The van der Waals surface area contributed by atoms with Crippen LogP contribution < -0.4 is 4.74 Å². The van der Waals surface area contributed by atoms with E-state index in [0.29, 0.717) is 41.1 Å². The lowest BCUT2D eigenvalue weighted by Crippen LogP contribution is -2.30. The Bertz CT molecular complexity index is 909. The summed E-state index contributed by atoms with van der Waals surface area (Å²) in [6.45, 7) is 4.92. The molecule has 0 spiro atoms. The second-order valence-electron chi connectivity index (χ2n) is 5.95. The molecule has 0 radical (unpaired) electrons. The minimum atomic E-state index is -0.0576. The minimum absolute atomic E-state index is 0.0576. The molecule has 6 nitrogen and oxygen atoms in total. The third-order valence-electron chi connectivity index (χ3n) is 4.03. The van der Waals surface area contributed by atoms with Crippen LogP contribution in [0.15, 0.2) is 53.1 Å². The van der Waals surface area contributed by atoms with Gasteiger partial charge in [-0.2, -0.15) is 4.98 Å². The molecule has 1 aromatic heterocycles. The van der Waals surface area contributed by atoms with E-state index in [1.165, 1.54) is 0 Å². The molecule has 3 rings (SSSR count). The van der Waals surface area contributed by atoms with Gasteiger partial charge in [0.25, 0.3) is 5.91 Å². The van der Waals surface area contributed by atoms with E-state index in [2.05, 4.69) is 10.1 Å². The number of benzene rings is 2. The second kappa shape index (κ2) is 8.68. The zero-order valence-corrected chi connectivity index (χ0v) is 15.9. The number of nitrogens with zero attached hydrogens (tertiary/aromatic N) is 3. The summed E-state index contributed by atoms with van der Waals surface area (Å²) in [5, 5.41) is 4.43. The van der Waals surface area contributed by atoms with Crippen LogP contribution in [0.3, 0.4) is 0 Å². The first kappa shape index (κ1) is 18.9. The molecular formula is C20H20ClN3O3. The van der Waals surface area contributed by atoms with Gasteiger partial charge < -0.3 is 14.2 Å². The summed E-state index contributed by atoms with van der Waals surface area (Å²) >= 11 is 6.21. The topological polar surface area (TPSA) is 68.5 Å². The van der Waals surface area contributed by atoms with Crippen LogP contribution in [-0.4, -0.2) is 27.5 Å². The normalized spacial score (nSPS) is 10.6. The van der Waals surface area contributed by atoms with Gasteiger partial charge in [0.05, 0.1) is 0 Å². The maximum absolute atomic E-state index is 12.8. The molecule has 0 N–H and O–H groups in total. The van der Waals surface area contributed by atoms with E-state index in [4.69, 9.17) is 20.9 Å². The van der Waals surface area contributed by atoms with Gasteiger partial charge in [0, 0.05) is 30.6 Å². The summed E-state index contributed by atoms with van der Waals surface area (Å²) < 4.78 is 10.5. The Morgan fingerprint density at radius 1 is 1.19 bits per heavy atom. The number of amides is 1. The molecule has 0 saturated carbocycles. The van der Waals surface area contributed by atoms with Crippen molar-refractivity contribution < 1.29 is 14.1 Å². The van der Waals surface area contributed by atoms with Gasteiger partial charge in [-0.25, -0.2) is 0 Å². The van der Waals surface area contributed by atoms with E-state index in [1.54, 1.807) is 36.1 Å². The highest BCUT2D eigenvalue weighted by molar-refractivity contribution is 6.31. The van der Waals surface area contributed by atoms with Gasteiger partial charge in [0.15, 0.2) is 6.61 Å². The highest BCUT2D eigenvalue weighted by Crippen LogP contribution is 2.19. The van der Waals surface area contributed by atoms with Gasteiger partial charge in [-0.05, 0) is 42.8 Å². The summed E-state index contributed by atoms with van der Waals surface area (Å²) in [4.78, 5) is 18.6. The quantitative estimate of drug-likeness (QED) is 0.607. The molecule has 0 unspecified atom stereocenters. The molecule has 2 aromatic carbocycles. The molecule has 0 bridgehead atoms. The Morgan fingerprint density at radius 3 is 2.56 bits per heavy atom. The predicted octanol–water partition coefficient (Wildman–Crippen LogP) is 4.27. The lowest BCUT2D eigenvalue weighted by molar-refractivity contribution is 0.0752. The third kappa shape index (κ3) is 4.86. The number of carbonyl (C=O) groups excluding carboxylic acids is 1. The van der Waals surface area contributed by atoms with E-state index in [-0.39, 0.29) is 12.5 Å². The van der Waals surface area contributed by atoms with Gasteiger partial charge in [-0.1, -0.05) is 35.0 Å². The predicted molar refractivity (Wildman–Crippen MR) is 102 cm³/mol. The Kier molecular flexibility index (Phi) is 6.08. The summed E-state index contributed by atoms with van der Waals surface area (Å²) in [6.07, 6.45) is 0. The van der Waals surface area contributed by atoms with Crippen LogP contribution in [0.25, 0.3) is 0 Å². The second-order valence-corrected chi connectivity index (χ2v) is 6.36. The fourth-order valence-corrected chi connectivity index (χ4v) is 2.78. The van der Waals surface area contributed by atoms with Crippen molar-refractivity contribution in [1.82, 2.24) is 15.0 Å². The Balaban J connectivity index is 1.64.